The number of carbonyl (C=O) groups is 1. The van der Waals surface area contributed by atoms with E-state index in [1.165, 1.54) is 12.4 Å². The molecule has 1 aliphatic rings. The van der Waals surface area contributed by atoms with Crippen LogP contribution in [0.5, 0.6) is 5.88 Å². The van der Waals surface area contributed by atoms with E-state index in [4.69, 9.17) is 4.74 Å². The number of Topliss-reactive ketones (excluding diaryl/α,β-unsaturated/α-hetero) is 1. The van der Waals surface area contributed by atoms with Gasteiger partial charge in [0, 0.05) is 19.3 Å². The molecule has 1 heterocycles. The van der Waals surface area contributed by atoms with Crippen LogP contribution in [-0.2, 0) is 0 Å². The quantitative estimate of drug-likeness (QED) is 0.739. The Kier molecular flexibility index (Phi) is 3.66. The SMILES string of the molecule is CCCC(=O)c1cnc(OC2CC(F)C2)cn1. The number of rotatable bonds is 5. The predicted octanol–water partition coefficient (Wildman–Crippen LogP) is 2.34. The molecule has 0 aliphatic heterocycles. The van der Waals surface area contributed by atoms with Gasteiger partial charge in [-0.2, -0.15) is 0 Å². The normalized spacial score (nSPS) is 22.9. The van der Waals surface area contributed by atoms with Crippen LogP contribution in [0.3, 0.4) is 0 Å². The van der Waals surface area contributed by atoms with Gasteiger partial charge >= 0.3 is 0 Å². The molecule has 4 nitrogen and oxygen atoms in total. The van der Waals surface area contributed by atoms with Gasteiger partial charge in [0.2, 0.25) is 5.88 Å². The molecular weight excluding hydrogens is 223 g/mol. The highest BCUT2D eigenvalue weighted by Crippen LogP contribution is 2.26. The minimum Gasteiger partial charge on any atom is -0.473 e. The van der Waals surface area contributed by atoms with Gasteiger partial charge in [-0.05, 0) is 6.42 Å². The van der Waals surface area contributed by atoms with Crippen molar-refractivity contribution in [2.45, 2.75) is 44.9 Å². The predicted molar refractivity (Wildman–Crippen MR) is 59.8 cm³/mol. The van der Waals surface area contributed by atoms with E-state index < -0.39 is 6.17 Å². The fraction of sp³-hybridized carbons (Fsp3) is 0.583. The van der Waals surface area contributed by atoms with Crippen molar-refractivity contribution in [2.75, 3.05) is 0 Å². The van der Waals surface area contributed by atoms with Gasteiger partial charge < -0.3 is 4.74 Å². The molecular formula is C12H15FN2O2. The first-order valence-corrected chi connectivity index (χ1v) is 5.85. The van der Waals surface area contributed by atoms with Gasteiger partial charge in [0.25, 0.3) is 0 Å². The van der Waals surface area contributed by atoms with E-state index in [0.29, 0.717) is 30.8 Å². The van der Waals surface area contributed by atoms with Crippen molar-refractivity contribution in [1.29, 1.82) is 0 Å². The maximum absolute atomic E-state index is 12.6. The molecule has 0 N–H and O–H groups in total. The first-order chi connectivity index (χ1) is 8.19. The summed E-state index contributed by atoms with van der Waals surface area (Å²) in [7, 11) is 0. The van der Waals surface area contributed by atoms with E-state index in [-0.39, 0.29) is 11.9 Å². The number of nitrogens with zero attached hydrogens (tertiary/aromatic N) is 2. The Morgan fingerprint density at radius 2 is 2.24 bits per heavy atom. The molecule has 5 heteroatoms. The molecule has 0 radical (unpaired) electrons. The van der Waals surface area contributed by atoms with Crippen LogP contribution in [0.25, 0.3) is 0 Å². The van der Waals surface area contributed by atoms with Crippen LogP contribution in [-0.4, -0.2) is 28.0 Å². The fourth-order valence-electron chi connectivity index (χ4n) is 1.64. The molecule has 17 heavy (non-hydrogen) atoms. The molecule has 92 valence electrons. The van der Waals surface area contributed by atoms with Crippen molar-refractivity contribution >= 4 is 5.78 Å². The second-order valence-corrected chi connectivity index (χ2v) is 4.22. The Morgan fingerprint density at radius 3 is 2.76 bits per heavy atom. The van der Waals surface area contributed by atoms with Crippen molar-refractivity contribution in [2.24, 2.45) is 0 Å². The monoisotopic (exact) mass is 238 g/mol. The third-order valence-corrected chi connectivity index (χ3v) is 2.72. The summed E-state index contributed by atoms with van der Waals surface area (Å²) in [6, 6.07) is 0. The third kappa shape index (κ3) is 2.99. The number of hydrogen-bond acceptors (Lipinski definition) is 4. The van der Waals surface area contributed by atoms with E-state index in [1.54, 1.807) is 0 Å². The van der Waals surface area contributed by atoms with Crippen LogP contribution < -0.4 is 4.74 Å². The fourth-order valence-corrected chi connectivity index (χ4v) is 1.64. The summed E-state index contributed by atoms with van der Waals surface area (Å²) in [4.78, 5) is 19.5. The zero-order valence-corrected chi connectivity index (χ0v) is 9.73. The lowest BCUT2D eigenvalue weighted by Gasteiger charge is -2.29. The Hall–Kier alpha value is -1.52. The zero-order valence-electron chi connectivity index (χ0n) is 9.73. The van der Waals surface area contributed by atoms with Crippen LogP contribution in [0.1, 0.15) is 43.1 Å². The Bertz CT molecular complexity index is 388. The number of halogens is 1. The zero-order chi connectivity index (χ0) is 12.3. The molecule has 0 bridgehead atoms. The van der Waals surface area contributed by atoms with Crippen LogP contribution in [0, 0.1) is 0 Å². The van der Waals surface area contributed by atoms with Crippen molar-refractivity contribution in [3.8, 4) is 5.88 Å². The average molecular weight is 238 g/mol. The average Bonchev–Trinajstić information content (AvgIpc) is 2.28. The largest absolute Gasteiger partial charge is 0.473 e. The van der Waals surface area contributed by atoms with Crippen molar-refractivity contribution in [3.63, 3.8) is 0 Å². The number of alkyl halides is 1. The lowest BCUT2D eigenvalue weighted by Crippen LogP contribution is -2.35. The number of ketones is 1. The summed E-state index contributed by atoms with van der Waals surface area (Å²) in [5, 5.41) is 0. The van der Waals surface area contributed by atoms with Gasteiger partial charge in [0.05, 0.1) is 12.4 Å². The molecule has 2 rings (SSSR count). The second-order valence-electron chi connectivity index (χ2n) is 4.22. The first-order valence-electron chi connectivity index (χ1n) is 5.85. The van der Waals surface area contributed by atoms with Crippen LogP contribution >= 0.6 is 0 Å². The van der Waals surface area contributed by atoms with Gasteiger partial charge in [-0.1, -0.05) is 6.92 Å². The Morgan fingerprint density at radius 1 is 1.47 bits per heavy atom. The minimum absolute atomic E-state index is 0.0148. The summed E-state index contributed by atoms with van der Waals surface area (Å²) in [6.07, 6.45) is 4.08. The molecule has 0 atom stereocenters. The lowest BCUT2D eigenvalue weighted by atomic mass is 9.94. The second kappa shape index (κ2) is 5.21. The lowest BCUT2D eigenvalue weighted by molar-refractivity contribution is 0.0375. The summed E-state index contributed by atoms with van der Waals surface area (Å²) < 4.78 is 18.0. The molecule has 1 aliphatic carbocycles. The Labute approximate surface area is 99.2 Å². The summed E-state index contributed by atoms with van der Waals surface area (Å²) in [5.41, 5.74) is 0.358. The van der Waals surface area contributed by atoms with E-state index in [2.05, 4.69) is 9.97 Å². The highest BCUT2D eigenvalue weighted by molar-refractivity contribution is 5.93. The molecule has 1 saturated carbocycles. The molecule has 1 aromatic rings. The van der Waals surface area contributed by atoms with E-state index in [1.807, 2.05) is 6.92 Å². The van der Waals surface area contributed by atoms with Gasteiger partial charge in [0.1, 0.15) is 18.0 Å². The van der Waals surface area contributed by atoms with Gasteiger partial charge in [-0.3, -0.25) is 4.79 Å². The van der Waals surface area contributed by atoms with Crippen LogP contribution in [0.4, 0.5) is 4.39 Å². The summed E-state index contributed by atoms with van der Waals surface area (Å²) in [6.45, 7) is 1.94. The minimum atomic E-state index is -0.752. The molecule has 0 aromatic carbocycles. The van der Waals surface area contributed by atoms with E-state index in [0.717, 1.165) is 6.42 Å². The maximum atomic E-state index is 12.6. The van der Waals surface area contributed by atoms with Gasteiger partial charge in [-0.15, -0.1) is 0 Å². The van der Waals surface area contributed by atoms with Gasteiger partial charge in [0.15, 0.2) is 5.78 Å². The van der Waals surface area contributed by atoms with Gasteiger partial charge in [-0.25, -0.2) is 14.4 Å². The topological polar surface area (TPSA) is 52.1 Å². The van der Waals surface area contributed by atoms with Crippen LogP contribution in [0.2, 0.25) is 0 Å². The summed E-state index contributed by atoms with van der Waals surface area (Å²) >= 11 is 0. The first kappa shape index (κ1) is 12.0. The van der Waals surface area contributed by atoms with Crippen molar-refractivity contribution < 1.29 is 13.9 Å². The molecule has 0 spiro atoms. The number of hydrogen-bond donors (Lipinski definition) is 0. The molecule has 0 saturated heterocycles. The third-order valence-electron chi connectivity index (χ3n) is 2.72. The van der Waals surface area contributed by atoms with E-state index >= 15 is 0 Å². The van der Waals surface area contributed by atoms with Crippen LogP contribution in [0.15, 0.2) is 12.4 Å². The number of aromatic nitrogens is 2. The molecule has 1 fully saturated rings. The maximum Gasteiger partial charge on any atom is 0.232 e. The summed E-state index contributed by atoms with van der Waals surface area (Å²) in [5.74, 6) is 0.342. The molecule has 0 amide bonds. The standard InChI is InChI=1S/C12H15FN2O2/c1-2-3-11(16)10-6-15-12(7-14-10)17-9-4-8(13)5-9/h6-9H,2-5H2,1H3. The highest BCUT2D eigenvalue weighted by atomic mass is 19.1. The number of ether oxygens (including phenoxy) is 1. The van der Waals surface area contributed by atoms with E-state index in [9.17, 15) is 9.18 Å². The molecule has 1 aromatic heterocycles. The Balaban J connectivity index is 1.91. The molecule has 0 unspecified atom stereocenters. The van der Waals surface area contributed by atoms with Crippen molar-refractivity contribution in [3.05, 3.63) is 18.1 Å². The highest BCUT2D eigenvalue weighted by Gasteiger charge is 2.31. The van der Waals surface area contributed by atoms with Crippen molar-refractivity contribution in [1.82, 2.24) is 9.97 Å². The number of carbonyl (C=O) groups excluding carboxylic acids is 1. The smallest absolute Gasteiger partial charge is 0.232 e.